The first-order valence-corrected chi connectivity index (χ1v) is 4.18. The second-order valence-electron chi connectivity index (χ2n) is 3.38. The Labute approximate surface area is 73.0 Å². The van der Waals surface area contributed by atoms with E-state index in [1.54, 1.807) is 12.2 Å². The molecule has 0 amide bonds. The number of hydrogen-bond donors (Lipinski definition) is 1. The lowest BCUT2D eigenvalue weighted by molar-refractivity contribution is -0.147. The van der Waals surface area contributed by atoms with Gasteiger partial charge in [-0.2, -0.15) is 0 Å². The Kier molecular flexibility index (Phi) is 2.88. The molecule has 12 heavy (non-hydrogen) atoms. The molecule has 1 N–H and O–H groups in total. The van der Waals surface area contributed by atoms with Crippen LogP contribution in [0.3, 0.4) is 0 Å². The van der Waals surface area contributed by atoms with Crippen molar-refractivity contribution in [1.82, 2.24) is 0 Å². The summed E-state index contributed by atoms with van der Waals surface area (Å²) >= 11 is 0. The molecule has 1 aliphatic heterocycles. The predicted molar refractivity (Wildman–Crippen MR) is 45.7 cm³/mol. The quantitative estimate of drug-likeness (QED) is 0.633. The van der Waals surface area contributed by atoms with Crippen LogP contribution in [0.2, 0.25) is 0 Å². The van der Waals surface area contributed by atoms with Gasteiger partial charge in [0.05, 0.1) is 6.61 Å². The number of allylic oxidation sites excluding steroid dienone is 1. The Morgan fingerprint density at radius 1 is 1.58 bits per heavy atom. The molecule has 0 aromatic carbocycles. The van der Waals surface area contributed by atoms with Gasteiger partial charge in [0, 0.05) is 0 Å². The van der Waals surface area contributed by atoms with Crippen molar-refractivity contribution in [2.75, 3.05) is 6.61 Å². The molecule has 0 spiro atoms. The van der Waals surface area contributed by atoms with E-state index in [-0.39, 0.29) is 6.10 Å². The first kappa shape index (κ1) is 9.71. The highest BCUT2D eigenvalue weighted by Crippen LogP contribution is 2.24. The van der Waals surface area contributed by atoms with Crippen molar-refractivity contribution in [3.63, 3.8) is 0 Å². The van der Waals surface area contributed by atoms with Gasteiger partial charge in [-0.05, 0) is 20.8 Å². The predicted octanol–water partition coefficient (Wildman–Crippen LogP) is 1.07. The largest absolute Gasteiger partial charge is 0.386 e. The van der Waals surface area contributed by atoms with E-state index in [2.05, 4.69) is 0 Å². The van der Waals surface area contributed by atoms with Gasteiger partial charge in [0.2, 0.25) is 0 Å². The van der Waals surface area contributed by atoms with E-state index in [4.69, 9.17) is 9.47 Å². The summed E-state index contributed by atoms with van der Waals surface area (Å²) in [5.74, 6) is -0.548. The molecule has 1 heterocycles. The molecule has 1 aliphatic rings. The molecule has 0 bridgehead atoms. The minimum absolute atomic E-state index is 0.226. The van der Waals surface area contributed by atoms with Crippen LogP contribution in [0.25, 0.3) is 0 Å². The zero-order valence-electron chi connectivity index (χ0n) is 7.78. The first-order valence-electron chi connectivity index (χ1n) is 4.18. The normalized spacial score (nSPS) is 31.2. The van der Waals surface area contributed by atoms with Crippen molar-refractivity contribution in [2.45, 2.75) is 38.8 Å². The van der Waals surface area contributed by atoms with E-state index < -0.39 is 11.9 Å². The van der Waals surface area contributed by atoms with Gasteiger partial charge < -0.3 is 14.6 Å². The average molecular weight is 172 g/mol. The molecule has 3 heteroatoms. The highest BCUT2D eigenvalue weighted by atomic mass is 16.7. The van der Waals surface area contributed by atoms with Crippen LogP contribution < -0.4 is 0 Å². The monoisotopic (exact) mass is 172 g/mol. The minimum atomic E-state index is -0.559. The number of rotatable bonds is 2. The molecule has 1 unspecified atom stereocenters. The van der Waals surface area contributed by atoms with Crippen molar-refractivity contribution in [3.05, 3.63) is 12.2 Å². The average Bonchev–Trinajstić information content (AvgIpc) is 2.31. The van der Waals surface area contributed by atoms with Gasteiger partial charge in [-0.25, -0.2) is 0 Å². The van der Waals surface area contributed by atoms with E-state index in [1.807, 2.05) is 20.8 Å². The second kappa shape index (κ2) is 3.56. The fourth-order valence-corrected chi connectivity index (χ4v) is 1.20. The lowest BCUT2D eigenvalue weighted by Gasteiger charge is -2.18. The number of aliphatic hydroxyl groups is 1. The fourth-order valence-electron chi connectivity index (χ4n) is 1.20. The third kappa shape index (κ3) is 2.30. The Morgan fingerprint density at radius 2 is 2.25 bits per heavy atom. The molecule has 0 aromatic heterocycles. The summed E-state index contributed by atoms with van der Waals surface area (Å²) in [6, 6.07) is 0. The Balaban J connectivity index is 2.46. The second-order valence-corrected chi connectivity index (χ2v) is 3.38. The Bertz CT molecular complexity index is 175. The topological polar surface area (TPSA) is 38.7 Å². The Morgan fingerprint density at radius 3 is 2.67 bits per heavy atom. The summed E-state index contributed by atoms with van der Waals surface area (Å²) in [5.41, 5.74) is 0. The lowest BCUT2D eigenvalue weighted by Crippen LogP contribution is -2.29. The van der Waals surface area contributed by atoms with Gasteiger partial charge in [0.25, 0.3) is 0 Å². The van der Waals surface area contributed by atoms with E-state index in [0.717, 1.165) is 0 Å². The standard InChI is InChI=1S/C9H16O3/c1-4-5-7(10)8-6-11-9(2,3)12-8/h4-5,7-8,10H,6H2,1-3H3/b5-4+/t7-,8?/m0/s1. The third-order valence-electron chi connectivity index (χ3n) is 1.80. The first-order chi connectivity index (χ1) is 5.55. The van der Waals surface area contributed by atoms with Gasteiger partial charge >= 0.3 is 0 Å². The van der Waals surface area contributed by atoms with E-state index in [9.17, 15) is 5.11 Å². The van der Waals surface area contributed by atoms with Crippen molar-refractivity contribution in [2.24, 2.45) is 0 Å². The molecule has 0 saturated carbocycles. The molecule has 3 nitrogen and oxygen atoms in total. The van der Waals surface area contributed by atoms with E-state index in [1.165, 1.54) is 0 Å². The number of aliphatic hydroxyl groups excluding tert-OH is 1. The zero-order chi connectivity index (χ0) is 9.19. The van der Waals surface area contributed by atoms with Crippen molar-refractivity contribution in [3.8, 4) is 0 Å². The smallest absolute Gasteiger partial charge is 0.163 e. The molecule has 0 aliphatic carbocycles. The highest BCUT2D eigenvalue weighted by Gasteiger charge is 2.35. The molecule has 1 saturated heterocycles. The van der Waals surface area contributed by atoms with Crippen molar-refractivity contribution in [1.29, 1.82) is 0 Å². The molecule has 2 atom stereocenters. The van der Waals surface area contributed by atoms with Crippen LogP contribution in [-0.2, 0) is 9.47 Å². The summed E-state index contributed by atoms with van der Waals surface area (Å²) in [6.45, 7) is 6.01. The van der Waals surface area contributed by atoms with Gasteiger partial charge in [0.1, 0.15) is 12.2 Å². The summed E-state index contributed by atoms with van der Waals surface area (Å²) in [4.78, 5) is 0. The molecule has 0 aromatic rings. The summed E-state index contributed by atoms with van der Waals surface area (Å²) in [5, 5.41) is 9.49. The molecular formula is C9H16O3. The molecule has 0 radical (unpaired) electrons. The third-order valence-corrected chi connectivity index (χ3v) is 1.80. The fraction of sp³-hybridized carbons (Fsp3) is 0.778. The van der Waals surface area contributed by atoms with Crippen LogP contribution in [0.1, 0.15) is 20.8 Å². The molecule has 1 fully saturated rings. The van der Waals surface area contributed by atoms with Gasteiger partial charge in [-0.15, -0.1) is 0 Å². The summed E-state index contributed by atoms with van der Waals surface area (Å²) < 4.78 is 10.7. The molecule has 70 valence electrons. The summed E-state index contributed by atoms with van der Waals surface area (Å²) in [6.07, 6.45) is 2.72. The summed E-state index contributed by atoms with van der Waals surface area (Å²) in [7, 11) is 0. The van der Waals surface area contributed by atoms with Crippen LogP contribution in [0, 0.1) is 0 Å². The maximum atomic E-state index is 9.49. The number of hydrogen-bond acceptors (Lipinski definition) is 3. The van der Waals surface area contributed by atoms with Gasteiger partial charge in [-0.3, -0.25) is 0 Å². The Hall–Kier alpha value is -0.380. The SMILES string of the molecule is C/C=C/[C@H](O)C1COC(C)(C)O1. The van der Waals surface area contributed by atoms with Crippen LogP contribution in [0.4, 0.5) is 0 Å². The van der Waals surface area contributed by atoms with Crippen LogP contribution in [0.15, 0.2) is 12.2 Å². The van der Waals surface area contributed by atoms with E-state index in [0.29, 0.717) is 6.61 Å². The molecule has 1 rings (SSSR count). The van der Waals surface area contributed by atoms with E-state index >= 15 is 0 Å². The van der Waals surface area contributed by atoms with Crippen molar-refractivity contribution >= 4 is 0 Å². The van der Waals surface area contributed by atoms with Gasteiger partial charge in [0.15, 0.2) is 5.79 Å². The lowest BCUT2D eigenvalue weighted by atomic mass is 10.2. The minimum Gasteiger partial charge on any atom is -0.386 e. The maximum absolute atomic E-state index is 9.49. The van der Waals surface area contributed by atoms with Crippen LogP contribution in [0.5, 0.6) is 0 Å². The maximum Gasteiger partial charge on any atom is 0.163 e. The van der Waals surface area contributed by atoms with Crippen molar-refractivity contribution < 1.29 is 14.6 Å². The van der Waals surface area contributed by atoms with Crippen LogP contribution in [-0.4, -0.2) is 29.7 Å². The number of ether oxygens (including phenoxy) is 2. The molecular weight excluding hydrogens is 156 g/mol. The zero-order valence-corrected chi connectivity index (χ0v) is 7.78. The van der Waals surface area contributed by atoms with Crippen LogP contribution >= 0.6 is 0 Å². The highest BCUT2D eigenvalue weighted by molar-refractivity contribution is 4.92. The van der Waals surface area contributed by atoms with Gasteiger partial charge in [-0.1, -0.05) is 12.2 Å².